The second-order valence-electron chi connectivity index (χ2n) is 1.55. The SMILES string of the molecule is C=C[C](O)c1cc[nH]n1. The Morgan fingerprint density at radius 1 is 1.89 bits per heavy atom. The van der Waals surface area contributed by atoms with E-state index in [0.29, 0.717) is 5.69 Å². The zero-order valence-electron chi connectivity index (χ0n) is 4.83. The summed E-state index contributed by atoms with van der Waals surface area (Å²) in [4.78, 5) is 0. The van der Waals surface area contributed by atoms with Crippen molar-refractivity contribution in [3.63, 3.8) is 0 Å². The van der Waals surface area contributed by atoms with Crippen LogP contribution in [0.1, 0.15) is 5.69 Å². The molecule has 2 N–H and O–H groups in total. The Hall–Kier alpha value is -1.09. The van der Waals surface area contributed by atoms with E-state index in [1.165, 1.54) is 6.08 Å². The van der Waals surface area contributed by atoms with Gasteiger partial charge in [0.25, 0.3) is 0 Å². The second kappa shape index (κ2) is 2.46. The number of nitrogens with one attached hydrogen (secondary N) is 1. The van der Waals surface area contributed by atoms with Gasteiger partial charge in [-0.15, -0.1) is 0 Å². The summed E-state index contributed by atoms with van der Waals surface area (Å²) < 4.78 is 0. The van der Waals surface area contributed by atoms with Gasteiger partial charge in [-0.3, -0.25) is 5.10 Å². The van der Waals surface area contributed by atoms with Crippen LogP contribution >= 0.6 is 0 Å². The molecule has 0 fully saturated rings. The van der Waals surface area contributed by atoms with Crippen LogP contribution in [-0.4, -0.2) is 15.3 Å². The van der Waals surface area contributed by atoms with Crippen LogP contribution in [0.3, 0.4) is 0 Å². The Bertz CT molecular complexity index is 181. The molecule has 3 heteroatoms. The van der Waals surface area contributed by atoms with E-state index in [-0.39, 0.29) is 6.10 Å². The van der Waals surface area contributed by atoms with E-state index in [0.717, 1.165) is 0 Å². The molecule has 1 rings (SSSR count). The number of aliphatic hydroxyl groups excluding tert-OH is 1. The minimum atomic E-state index is 0.0938. The predicted molar refractivity (Wildman–Crippen MR) is 33.1 cm³/mol. The monoisotopic (exact) mass is 123 g/mol. The largest absolute Gasteiger partial charge is 0.375 e. The third-order valence-electron chi connectivity index (χ3n) is 0.957. The van der Waals surface area contributed by atoms with Crippen LogP contribution in [0.2, 0.25) is 0 Å². The van der Waals surface area contributed by atoms with E-state index in [4.69, 9.17) is 5.11 Å². The topological polar surface area (TPSA) is 48.9 Å². The van der Waals surface area contributed by atoms with Crippen molar-refractivity contribution < 1.29 is 5.11 Å². The Kier molecular flexibility index (Phi) is 1.65. The number of aliphatic hydroxyl groups is 1. The van der Waals surface area contributed by atoms with Gasteiger partial charge >= 0.3 is 0 Å². The Morgan fingerprint density at radius 3 is 3.11 bits per heavy atom. The third-order valence-corrected chi connectivity index (χ3v) is 0.957. The molecule has 0 unspecified atom stereocenters. The van der Waals surface area contributed by atoms with E-state index in [2.05, 4.69) is 16.8 Å². The van der Waals surface area contributed by atoms with Gasteiger partial charge in [0, 0.05) is 6.20 Å². The van der Waals surface area contributed by atoms with Gasteiger partial charge in [-0.1, -0.05) is 12.7 Å². The summed E-state index contributed by atoms with van der Waals surface area (Å²) in [6.45, 7) is 3.38. The van der Waals surface area contributed by atoms with Gasteiger partial charge in [0.1, 0.15) is 5.69 Å². The summed E-state index contributed by atoms with van der Waals surface area (Å²) in [5, 5.41) is 15.2. The standard InChI is InChI=1S/C6H7N2O/c1-2-6(9)5-3-4-7-8-5/h2-4,9H,1H2,(H,7,8). The lowest BCUT2D eigenvalue weighted by molar-refractivity contribution is 0.359. The molecule has 0 aromatic carbocycles. The fourth-order valence-electron chi connectivity index (χ4n) is 0.508. The van der Waals surface area contributed by atoms with Gasteiger partial charge in [-0.25, -0.2) is 0 Å². The Balaban J connectivity index is 2.76. The van der Waals surface area contributed by atoms with Crippen molar-refractivity contribution in [1.82, 2.24) is 10.2 Å². The highest BCUT2D eigenvalue weighted by Gasteiger charge is 2.03. The maximum Gasteiger partial charge on any atom is 0.164 e. The maximum atomic E-state index is 8.93. The molecule has 1 aromatic heterocycles. The molecule has 1 heterocycles. The van der Waals surface area contributed by atoms with Crippen molar-refractivity contribution in [2.75, 3.05) is 0 Å². The van der Waals surface area contributed by atoms with E-state index < -0.39 is 0 Å². The van der Waals surface area contributed by atoms with Gasteiger partial charge in [0.2, 0.25) is 0 Å². The van der Waals surface area contributed by atoms with Gasteiger partial charge in [0.05, 0.1) is 0 Å². The molecule has 0 saturated carbocycles. The van der Waals surface area contributed by atoms with Crippen molar-refractivity contribution in [1.29, 1.82) is 0 Å². The van der Waals surface area contributed by atoms with Gasteiger partial charge in [-0.2, -0.15) is 5.10 Å². The molecule has 0 atom stereocenters. The molecule has 3 nitrogen and oxygen atoms in total. The number of hydrogen-bond donors (Lipinski definition) is 2. The van der Waals surface area contributed by atoms with Crippen molar-refractivity contribution in [2.24, 2.45) is 0 Å². The van der Waals surface area contributed by atoms with Crippen LogP contribution in [0.5, 0.6) is 0 Å². The maximum absolute atomic E-state index is 8.93. The fourth-order valence-corrected chi connectivity index (χ4v) is 0.508. The number of aromatic amines is 1. The molecule has 1 radical (unpaired) electrons. The van der Waals surface area contributed by atoms with Crippen LogP contribution < -0.4 is 0 Å². The lowest BCUT2D eigenvalue weighted by atomic mass is 10.3. The van der Waals surface area contributed by atoms with Crippen LogP contribution in [0.4, 0.5) is 0 Å². The highest BCUT2D eigenvalue weighted by molar-refractivity contribution is 5.22. The zero-order chi connectivity index (χ0) is 6.69. The first-order chi connectivity index (χ1) is 4.34. The van der Waals surface area contributed by atoms with Crippen molar-refractivity contribution in [2.45, 2.75) is 0 Å². The molecule has 9 heavy (non-hydrogen) atoms. The third kappa shape index (κ3) is 1.17. The molecule has 0 spiro atoms. The predicted octanol–water partition coefficient (Wildman–Crippen LogP) is 0.848. The number of rotatable bonds is 2. The Morgan fingerprint density at radius 2 is 2.67 bits per heavy atom. The number of H-pyrrole nitrogens is 1. The van der Waals surface area contributed by atoms with Crippen molar-refractivity contribution in [3.8, 4) is 0 Å². The minimum Gasteiger partial charge on any atom is -0.375 e. The molecule has 0 saturated heterocycles. The summed E-state index contributed by atoms with van der Waals surface area (Å²) in [5.41, 5.74) is 0.519. The summed E-state index contributed by atoms with van der Waals surface area (Å²) in [5.74, 6) is 0. The number of hydrogen-bond acceptors (Lipinski definition) is 2. The summed E-state index contributed by atoms with van der Waals surface area (Å²) in [7, 11) is 0. The second-order valence-corrected chi connectivity index (χ2v) is 1.55. The van der Waals surface area contributed by atoms with E-state index in [1.807, 2.05) is 0 Å². The first-order valence-corrected chi connectivity index (χ1v) is 2.53. The molecule has 47 valence electrons. The van der Waals surface area contributed by atoms with Crippen LogP contribution in [0, 0.1) is 6.10 Å². The lowest BCUT2D eigenvalue weighted by Crippen LogP contribution is -1.92. The highest BCUT2D eigenvalue weighted by Crippen LogP contribution is 2.06. The van der Waals surface area contributed by atoms with Crippen LogP contribution in [-0.2, 0) is 0 Å². The molecule has 0 bridgehead atoms. The molecule has 1 aromatic rings. The molecular weight excluding hydrogens is 116 g/mol. The van der Waals surface area contributed by atoms with Crippen molar-refractivity contribution in [3.05, 3.63) is 36.7 Å². The summed E-state index contributed by atoms with van der Waals surface area (Å²) >= 11 is 0. The first kappa shape index (κ1) is 6.04. The Labute approximate surface area is 53.0 Å². The van der Waals surface area contributed by atoms with Gasteiger partial charge in [-0.05, 0) is 6.07 Å². The fraction of sp³-hybridized carbons (Fsp3) is 0. The van der Waals surface area contributed by atoms with Crippen LogP contribution in [0.15, 0.2) is 24.9 Å². The summed E-state index contributed by atoms with van der Waals surface area (Å²) in [6.07, 6.45) is 3.07. The molecular formula is C6H7N2O. The molecule has 0 aliphatic heterocycles. The average Bonchev–Trinajstić information content (AvgIpc) is 2.37. The number of nitrogens with zero attached hydrogens (tertiary/aromatic N) is 1. The zero-order valence-corrected chi connectivity index (χ0v) is 4.83. The number of aromatic nitrogens is 2. The minimum absolute atomic E-state index is 0.0938. The van der Waals surface area contributed by atoms with Crippen LogP contribution in [0.25, 0.3) is 0 Å². The quantitative estimate of drug-likeness (QED) is 0.612. The van der Waals surface area contributed by atoms with Crippen molar-refractivity contribution >= 4 is 0 Å². The molecule has 0 aliphatic carbocycles. The molecule has 0 aliphatic rings. The first-order valence-electron chi connectivity index (χ1n) is 2.53. The van der Waals surface area contributed by atoms with E-state index in [1.54, 1.807) is 12.3 Å². The average molecular weight is 123 g/mol. The van der Waals surface area contributed by atoms with Gasteiger partial charge < -0.3 is 5.11 Å². The smallest absolute Gasteiger partial charge is 0.164 e. The molecule has 0 amide bonds. The normalized spacial score (nSPS) is 10.0. The van der Waals surface area contributed by atoms with E-state index >= 15 is 0 Å². The summed E-state index contributed by atoms with van der Waals surface area (Å²) in [6, 6.07) is 1.66. The van der Waals surface area contributed by atoms with Gasteiger partial charge in [0.15, 0.2) is 6.10 Å². The van der Waals surface area contributed by atoms with E-state index in [9.17, 15) is 0 Å². The lowest BCUT2D eigenvalue weighted by Gasteiger charge is -1.94. The highest BCUT2D eigenvalue weighted by atomic mass is 16.3.